The number of amides is 3. The zero-order valence-electron chi connectivity index (χ0n) is 18.0. The molecule has 0 bridgehead atoms. The molecule has 0 saturated carbocycles. The van der Waals surface area contributed by atoms with E-state index in [9.17, 15) is 14.4 Å². The van der Waals surface area contributed by atoms with Crippen molar-refractivity contribution in [1.29, 1.82) is 0 Å². The Morgan fingerprint density at radius 3 is 2.59 bits per heavy atom. The Bertz CT molecular complexity index is 1000. The molecule has 2 aromatic rings. The first-order chi connectivity index (χ1) is 15.5. The molecule has 2 aromatic carbocycles. The summed E-state index contributed by atoms with van der Waals surface area (Å²) >= 11 is 0. The lowest BCUT2D eigenvalue weighted by molar-refractivity contribution is -0.139. The number of hydrogen-bond acceptors (Lipinski definition) is 6. The van der Waals surface area contributed by atoms with Gasteiger partial charge in [-0.3, -0.25) is 14.4 Å². The van der Waals surface area contributed by atoms with Crippen molar-refractivity contribution in [2.75, 3.05) is 25.6 Å². The van der Waals surface area contributed by atoms with Crippen molar-refractivity contribution in [3.63, 3.8) is 0 Å². The zero-order chi connectivity index (χ0) is 23.3. The van der Waals surface area contributed by atoms with E-state index < -0.39 is 11.8 Å². The van der Waals surface area contributed by atoms with Crippen LogP contribution in [0.1, 0.15) is 18.1 Å². The second-order valence-corrected chi connectivity index (χ2v) is 6.46. The number of nitrogens with one attached hydrogen (secondary N) is 3. The first-order valence-corrected chi connectivity index (χ1v) is 9.89. The minimum Gasteiger partial charge on any atom is -0.493 e. The number of benzene rings is 2. The number of aryl methyl sites for hydroxylation is 1. The molecule has 168 valence electrons. The maximum absolute atomic E-state index is 12.3. The van der Waals surface area contributed by atoms with Crippen LogP contribution in [0, 0.1) is 0 Å². The molecule has 0 fully saturated rings. The van der Waals surface area contributed by atoms with Gasteiger partial charge in [-0.1, -0.05) is 31.2 Å². The van der Waals surface area contributed by atoms with Crippen LogP contribution in [-0.4, -0.2) is 44.2 Å². The fraction of sp³-hybridized carbons (Fsp3) is 0.217. The standard InChI is InChI=1S/C23H26N4O5/c1-4-12-24-22(29)23(30)27-25-14-16-10-11-19(20(13-16)31-3)32-15-21(28)26-18-9-7-6-8-17(18)5-2/h4,6-11,13-14H,1,5,12,15H2,2-3H3,(H,24,29)(H,26,28)(H,27,30)/b25-14-. The van der Waals surface area contributed by atoms with Crippen LogP contribution in [0.15, 0.2) is 60.2 Å². The minimum atomic E-state index is -0.898. The van der Waals surface area contributed by atoms with Crippen molar-refractivity contribution >= 4 is 29.6 Å². The van der Waals surface area contributed by atoms with Crippen LogP contribution in [-0.2, 0) is 20.8 Å². The average molecular weight is 438 g/mol. The van der Waals surface area contributed by atoms with E-state index in [0.717, 1.165) is 17.7 Å². The molecule has 3 amide bonds. The Balaban J connectivity index is 1.93. The number of para-hydroxylation sites is 1. The van der Waals surface area contributed by atoms with Crippen molar-refractivity contribution in [3.8, 4) is 11.5 Å². The van der Waals surface area contributed by atoms with Crippen LogP contribution in [0.2, 0.25) is 0 Å². The third-order valence-electron chi connectivity index (χ3n) is 4.21. The van der Waals surface area contributed by atoms with Crippen molar-refractivity contribution in [3.05, 3.63) is 66.2 Å². The second kappa shape index (κ2) is 12.5. The minimum absolute atomic E-state index is 0.178. The molecule has 2 rings (SSSR count). The first-order valence-electron chi connectivity index (χ1n) is 9.89. The van der Waals surface area contributed by atoms with E-state index in [1.54, 1.807) is 18.2 Å². The van der Waals surface area contributed by atoms with Gasteiger partial charge in [0.05, 0.1) is 13.3 Å². The van der Waals surface area contributed by atoms with Gasteiger partial charge in [-0.2, -0.15) is 5.10 Å². The maximum Gasteiger partial charge on any atom is 0.329 e. The molecule has 32 heavy (non-hydrogen) atoms. The quantitative estimate of drug-likeness (QED) is 0.227. The third kappa shape index (κ3) is 7.28. The number of anilines is 1. The van der Waals surface area contributed by atoms with Crippen LogP contribution in [0.5, 0.6) is 11.5 Å². The Labute approximate surface area is 186 Å². The van der Waals surface area contributed by atoms with Gasteiger partial charge in [-0.15, -0.1) is 6.58 Å². The Morgan fingerprint density at radius 2 is 1.88 bits per heavy atom. The maximum atomic E-state index is 12.3. The fourth-order valence-corrected chi connectivity index (χ4v) is 2.63. The molecule has 0 aliphatic rings. The average Bonchev–Trinajstić information content (AvgIpc) is 2.81. The number of hydrogen-bond donors (Lipinski definition) is 3. The zero-order valence-corrected chi connectivity index (χ0v) is 18.0. The smallest absolute Gasteiger partial charge is 0.329 e. The van der Waals surface area contributed by atoms with Gasteiger partial charge in [-0.25, -0.2) is 5.43 Å². The lowest BCUT2D eigenvalue weighted by atomic mass is 10.1. The molecule has 0 unspecified atom stereocenters. The van der Waals surface area contributed by atoms with Crippen molar-refractivity contribution in [1.82, 2.24) is 10.7 Å². The molecular formula is C23H26N4O5. The van der Waals surface area contributed by atoms with Gasteiger partial charge in [0.2, 0.25) is 0 Å². The van der Waals surface area contributed by atoms with Crippen LogP contribution in [0.3, 0.4) is 0 Å². The molecule has 0 aliphatic carbocycles. The molecule has 0 radical (unpaired) electrons. The molecule has 0 aliphatic heterocycles. The lowest BCUT2D eigenvalue weighted by Crippen LogP contribution is -2.37. The molecular weight excluding hydrogens is 412 g/mol. The number of nitrogens with zero attached hydrogens (tertiary/aromatic N) is 1. The van der Waals surface area contributed by atoms with E-state index >= 15 is 0 Å². The summed E-state index contributed by atoms with van der Waals surface area (Å²) in [4.78, 5) is 35.3. The summed E-state index contributed by atoms with van der Waals surface area (Å²) < 4.78 is 10.9. The van der Waals surface area contributed by atoms with E-state index in [0.29, 0.717) is 17.1 Å². The summed E-state index contributed by atoms with van der Waals surface area (Å²) in [5, 5.41) is 8.92. The highest BCUT2D eigenvalue weighted by Crippen LogP contribution is 2.27. The summed E-state index contributed by atoms with van der Waals surface area (Å²) in [6.07, 6.45) is 3.60. The van der Waals surface area contributed by atoms with Crippen LogP contribution < -0.4 is 25.5 Å². The van der Waals surface area contributed by atoms with Gasteiger partial charge in [-0.05, 0) is 41.8 Å². The summed E-state index contributed by atoms with van der Waals surface area (Å²) in [5.74, 6) is -1.26. The summed E-state index contributed by atoms with van der Waals surface area (Å²) in [5.41, 5.74) is 4.50. The molecule has 0 aromatic heterocycles. The fourth-order valence-electron chi connectivity index (χ4n) is 2.63. The van der Waals surface area contributed by atoms with E-state index in [4.69, 9.17) is 9.47 Å². The van der Waals surface area contributed by atoms with Crippen molar-refractivity contribution < 1.29 is 23.9 Å². The third-order valence-corrected chi connectivity index (χ3v) is 4.21. The first kappa shape index (κ1) is 24.1. The van der Waals surface area contributed by atoms with Crippen LogP contribution >= 0.6 is 0 Å². The highest BCUT2D eigenvalue weighted by Gasteiger charge is 2.12. The van der Waals surface area contributed by atoms with E-state index in [2.05, 4.69) is 27.7 Å². The highest BCUT2D eigenvalue weighted by molar-refractivity contribution is 6.35. The predicted molar refractivity (Wildman–Crippen MR) is 122 cm³/mol. The van der Waals surface area contributed by atoms with Gasteiger partial charge in [0.25, 0.3) is 5.91 Å². The largest absolute Gasteiger partial charge is 0.493 e. The number of carbonyl (C=O) groups is 3. The van der Waals surface area contributed by atoms with Gasteiger partial charge < -0.3 is 20.1 Å². The SMILES string of the molecule is C=CCNC(=O)C(=O)N/N=C\c1ccc(OCC(=O)Nc2ccccc2CC)c(OC)c1. The Kier molecular flexibility index (Phi) is 9.45. The molecule has 0 heterocycles. The lowest BCUT2D eigenvalue weighted by Gasteiger charge is -2.13. The molecule has 9 nitrogen and oxygen atoms in total. The molecule has 0 atom stereocenters. The second-order valence-electron chi connectivity index (χ2n) is 6.46. The normalized spacial score (nSPS) is 10.3. The van der Waals surface area contributed by atoms with Crippen LogP contribution in [0.4, 0.5) is 5.69 Å². The van der Waals surface area contributed by atoms with Gasteiger partial charge in [0.15, 0.2) is 18.1 Å². The number of ether oxygens (including phenoxy) is 2. The van der Waals surface area contributed by atoms with E-state index in [1.807, 2.05) is 31.2 Å². The number of rotatable bonds is 10. The number of carbonyl (C=O) groups excluding carboxylic acids is 3. The van der Waals surface area contributed by atoms with Gasteiger partial charge in [0, 0.05) is 12.2 Å². The topological polar surface area (TPSA) is 118 Å². The van der Waals surface area contributed by atoms with Gasteiger partial charge >= 0.3 is 11.8 Å². The molecule has 0 spiro atoms. The summed E-state index contributed by atoms with van der Waals surface area (Å²) in [6.45, 7) is 5.44. The monoisotopic (exact) mass is 438 g/mol. The highest BCUT2D eigenvalue weighted by atomic mass is 16.5. The molecule has 0 saturated heterocycles. The number of hydrazone groups is 1. The molecule has 3 N–H and O–H groups in total. The Hall–Kier alpha value is -4.14. The number of methoxy groups -OCH3 is 1. The Morgan fingerprint density at radius 1 is 1.09 bits per heavy atom. The van der Waals surface area contributed by atoms with Crippen molar-refractivity contribution in [2.45, 2.75) is 13.3 Å². The van der Waals surface area contributed by atoms with Crippen molar-refractivity contribution in [2.24, 2.45) is 5.10 Å². The van der Waals surface area contributed by atoms with E-state index in [1.165, 1.54) is 19.4 Å². The van der Waals surface area contributed by atoms with E-state index in [-0.39, 0.29) is 19.1 Å². The van der Waals surface area contributed by atoms with Gasteiger partial charge in [0.1, 0.15) is 0 Å². The molecule has 9 heteroatoms. The van der Waals surface area contributed by atoms with Crippen LogP contribution in [0.25, 0.3) is 0 Å². The summed E-state index contributed by atoms with van der Waals surface area (Å²) in [7, 11) is 1.46. The summed E-state index contributed by atoms with van der Waals surface area (Å²) in [6, 6.07) is 12.5. The predicted octanol–water partition coefficient (Wildman–Crippen LogP) is 2.03.